The van der Waals surface area contributed by atoms with Gasteiger partial charge in [-0.25, -0.2) is 4.79 Å². The van der Waals surface area contributed by atoms with Crippen LogP contribution < -0.4 is 14.6 Å². The molecule has 9 nitrogen and oxygen atoms in total. The number of nitrogens with zero attached hydrogens (tertiary/aromatic N) is 1. The van der Waals surface area contributed by atoms with Crippen molar-refractivity contribution in [1.29, 1.82) is 0 Å². The number of carbonyl (C=O) groups excluding carboxylic acids is 1. The number of nitrogens with one attached hydrogen (secondary N) is 2. The maximum atomic E-state index is 11.3. The summed E-state index contributed by atoms with van der Waals surface area (Å²) in [6, 6.07) is -0.160. The average molecular weight is 910 g/mol. The summed E-state index contributed by atoms with van der Waals surface area (Å²) in [5, 5.41) is 20.4. The quantitative estimate of drug-likeness (QED) is 0.102. The number of ether oxygens (including phenoxy) is 2. The summed E-state index contributed by atoms with van der Waals surface area (Å²) in [4.78, 5) is 22.5. The summed E-state index contributed by atoms with van der Waals surface area (Å²) in [7, 11) is 3.84. The maximum absolute atomic E-state index is 11.3. The zero-order valence-electron chi connectivity index (χ0n) is 33.8. The molecule has 6 atom stereocenters. The first-order chi connectivity index (χ1) is 23.9. The summed E-state index contributed by atoms with van der Waals surface area (Å²) in [6.45, 7) is 17.2. The molecule has 1 heterocycles. The second kappa shape index (κ2) is 23.3. The molecule has 0 radical (unpaired) electrons. The molecule has 1 aromatic carbocycles. The molecule has 0 spiro atoms. The van der Waals surface area contributed by atoms with Crippen molar-refractivity contribution >= 4 is 11.9 Å². The Morgan fingerprint density at radius 2 is 1.46 bits per heavy atom. The third kappa shape index (κ3) is 16.8. The zero-order valence-corrected chi connectivity index (χ0v) is 36.1. The molecule has 0 saturated heterocycles. The van der Waals surface area contributed by atoms with Crippen LogP contribution in [0.2, 0.25) is 0 Å². The van der Waals surface area contributed by atoms with Gasteiger partial charge in [-0.05, 0) is 87.8 Å². The van der Waals surface area contributed by atoms with E-state index < -0.39 is 29.5 Å². The number of fused-ring (bicyclic) bond motifs is 1. The van der Waals surface area contributed by atoms with Crippen LogP contribution in [-0.2, 0) is 37.1 Å². The van der Waals surface area contributed by atoms with Gasteiger partial charge in [0.25, 0.3) is 0 Å². The van der Waals surface area contributed by atoms with Crippen LogP contribution in [-0.4, -0.2) is 65.5 Å². The van der Waals surface area contributed by atoms with Gasteiger partial charge in [0.2, 0.25) is 0 Å². The van der Waals surface area contributed by atoms with Crippen LogP contribution in [0.1, 0.15) is 147 Å². The summed E-state index contributed by atoms with van der Waals surface area (Å²) < 4.78 is 12.5. The molecule has 0 amide bonds. The molecule has 2 aliphatic rings. The average Bonchev–Trinajstić information content (AvgIpc) is 3.02. The van der Waals surface area contributed by atoms with Crippen molar-refractivity contribution in [3.63, 3.8) is 0 Å². The number of carbonyl (C=O) groups is 2. The number of benzene rings is 1. The Labute approximate surface area is 331 Å². The summed E-state index contributed by atoms with van der Waals surface area (Å²) in [5.41, 5.74) is 18.7. The second-order valence-corrected chi connectivity index (χ2v) is 16.9. The van der Waals surface area contributed by atoms with Gasteiger partial charge in [0.1, 0.15) is 23.7 Å². The molecule has 3 rings (SSSR count). The Kier molecular flexibility index (Phi) is 21.7. The van der Waals surface area contributed by atoms with Gasteiger partial charge in [0.15, 0.2) is 6.54 Å². The normalized spacial score (nSPS) is 22.1. The van der Waals surface area contributed by atoms with E-state index in [1.807, 2.05) is 13.8 Å². The Balaban J connectivity index is 0.00000132. The number of hydrogen-bond donors (Lipinski definition) is 1. The Hall–Kier alpha value is -1.67. The van der Waals surface area contributed by atoms with Crippen LogP contribution >= 0.6 is 0 Å². The van der Waals surface area contributed by atoms with Crippen LogP contribution in [0.25, 0.3) is 11.5 Å². The summed E-state index contributed by atoms with van der Waals surface area (Å²) in [6.07, 6.45) is 17.6. The molecule has 1 aliphatic heterocycles. The van der Waals surface area contributed by atoms with E-state index in [-0.39, 0.29) is 51.9 Å². The molecular formula is C42H72N3O6Pt-3. The van der Waals surface area contributed by atoms with E-state index in [9.17, 15) is 19.8 Å². The topological polar surface area (TPSA) is 143 Å². The van der Waals surface area contributed by atoms with Crippen molar-refractivity contribution in [3.8, 4) is 11.5 Å². The fourth-order valence-electron chi connectivity index (χ4n) is 7.72. The molecular weight excluding hydrogens is 838 g/mol. The Bertz CT molecular complexity index is 1220. The van der Waals surface area contributed by atoms with Gasteiger partial charge in [-0.1, -0.05) is 98.3 Å². The van der Waals surface area contributed by atoms with Crippen LogP contribution in [0.5, 0.6) is 11.5 Å². The van der Waals surface area contributed by atoms with Gasteiger partial charge in [0, 0.05) is 26.6 Å². The number of aliphatic carboxylic acids is 2. The van der Waals surface area contributed by atoms with E-state index in [0.717, 1.165) is 78.0 Å². The third-order valence-electron chi connectivity index (χ3n) is 11.4. The third-order valence-corrected chi connectivity index (χ3v) is 11.4. The number of carboxylic acids is 2. The van der Waals surface area contributed by atoms with Gasteiger partial charge < -0.3 is 40.4 Å². The van der Waals surface area contributed by atoms with E-state index in [0.29, 0.717) is 0 Å². The molecule has 304 valence electrons. The van der Waals surface area contributed by atoms with Crippen molar-refractivity contribution < 1.29 is 54.8 Å². The molecule has 3 N–H and O–H groups in total. The van der Waals surface area contributed by atoms with Crippen molar-refractivity contribution in [1.82, 2.24) is 0 Å². The molecule has 0 aromatic heterocycles. The summed E-state index contributed by atoms with van der Waals surface area (Å²) >= 11 is 0. The van der Waals surface area contributed by atoms with Crippen molar-refractivity contribution in [2.75, 3.05) is 26.2 Å². The van der Waals surface area contributed by atoms with Crippen LogP contribution in [0.4, 0.5) is 0 Å². The van der Waals surface area contributed by atoms with E-state index in [4.69, 9.17) is 20.9 Å². The number of hydrogen-bond acceptors (Lipinski definition) is 5. The number of rotatable bonds is 20. The molecule has 1 aromatic rings. The van der Waals surface area contributed by atoms with Gasteiger partial charge in [-0.3, -0.25) is 0 Å². The predicted octanol–water partition coefficient (Wildman–Crippen LogP) is 9.36. The van der Waals surface area contributed by atoms with Gasteiger partial charge in [0.05, 0.1) is 19.1 Å². The largest absolute Gasteiger partial charge is 0.676 e. The van der Waals surface area contributed by atoms with Crippen LogP contribution in [0.3, 0.4) is 0 Å². The first kappa shape index (κ1) is 48.3. The van der Waals surface area contributed by atoms with Gasteiger partial charge in [-0.15, -0.1) is 7.05 Å². The van der Waals surface area contributed by atoms with Gasteiger partial charge >= 0.3 is 5.97 Å². The molecule has 1 aliphatic carbocycles. The Morgan fingerprint density at radius 3 is 1.96 bits per heavy atom. The van der Waals surface area contributed by atoms with Crippen LogP contribution in [0, 0.1) is 45.6 Å². The molecule has 0 bridgehead atoms. The first-order valence-electron chi connectivity index (χ1n) is 19.8. The van der Waals surface area contributed by atoms with Crippen molar-refractivity contribution in [2.24, 2.45) is 17.8 Å². The zero-order chi connectivity index (χ0) is 38.4. The standard InChI is InChI=1S/C36H61NO6.C6H12N2.Pt/c1-25(2)13-10-14-26(3)15-11-16-27(4)17-12-19-36(8)20-18-31-30(7)34(28(5)29(6)35(31)43-36)42-22-21-37(9,23-32(38)39)24-33(40)41;7-5-3-1-2-4-6(5)8;/h25-27H,9-24H2,1-8H3,(H,38,39)(H,40,41);5-8H,1-4H2;/q;-2;/p-1/t26-,27-,36-;5-,6-;/m11./s1. The minimum absolute atomic E-state index is 0. The fraction of sp³-hybridized carbons (Fsp3) is 0.786. The van der Waals surface area contributed by atoms with E-state index in [1.54, 1.807) is 0 Å². The Morgan fingerprint density at radius 1 is 0.923 bits per heavy atom. The molecule has 52 heavy (non-hydrogen) atoms. The fourth-order valence-corrected chi connectivity index (χ4v) is 7.72. The second-order valence-electron chi connectivity index (χ2n) is 16.9. The SMILES string of the molecule is [CH2-][N+](CCOc1c(C)c(C)c2c(c1C)CC[C@@](C)(CCC[C@H](C)CCC[C@H](C)CCCC(C)C)O2)(CC(=O)[O-])CC(=O)O.[NH-][C@@H]1CCCC[C@H]1[NH-].[Pt]. The van der Waals surface area contributed by atoms with Crippen molar-refractivity contribution in [2.45, 2.75) is 169 Å². The molecule has 1 saturated carbocycles. The van der Waals surface area contributed by atoms with Crippen LogP contribution in [0.15, 0.2) is 0 Å². The number of quaternary nitrogens is 1. The number of carboxylic acid groups (broad SMARTS) is 2. The van der Waals surface area contributed by atoms with E-state index in [2.05, 4.69) is 48.6 Å². The molecule has 10 heteroatoms. The molecule has 1 fully saturated rings. The van der Waals surface area contributed by atoms with Crippen molar-refractivity contribution in [3.05, 3.63) is 40.8 Å². The van der Waals surface area contributed by atoms with E-state index in [1.165, 1.54) is 69.8 Å². The predicted molar refractivity (Wildman–Crippen MR) is 206 cm³/mol. The maximum Gasteiger partial charge on any atom is 0.357 e. The minimum Gasteiger partial charge on any atom is -0.676 e. The summed E-state index contributed by atoms with van der Waals surface area (Å²) in [5.74, 6) is 1.69. The minimum atomic E-state index is -1.33. The monoisotopic (exact) mass is 910 g/mol. The van der Waals surface area contributed by atoms with Gasteiger partial charge in [-0.2, -0.15) is 12.1 Å². The molecule has 1 unspecified atom stereocenters. The first-order valence-corrected chi connectivity index (χ1v) is 19.8. The smallest absolute Gasteiger partial charge is 0.357 e. The van der Waals surface area contributed by atoms with E-state index >= 15 is 0 Å².